The molecule has 6 nitrogen and oxygen atoms in total. The average molecular weight is 305 g/mol. The molecular formula is C16H23N3O3. The van der Waals surface area contributed by atoms with Crippen LogP contribution in [0.4, 0.5) is 0 Å². The van der Waals surface area contributed by atoms with Gasteiger partial charge < -0.3 is 10.4 Å². The summed E-state index contributed by atoms with van der Waals surface area (Å²) >= 11 is 0. The molecule has 2 bridgehead atoms. The monoisotopic (exact) mass is 305 g/mol. The number of nitrogens with zero attached hydrogens (tertiary/aromatic N) is 2. The number of aryl methyl sites for hydroxylation is 2. The van der Waals surface area contributed by atoms with E-state index in [1.165, 1.54) is 0 Å². The van der Waals surface area contributed by atoms with E-state index in [1.807, 2.05) is 24.7 Å². The molecule has 1 aromatic heterocycles. The average Bonchev–Trinajstić information content (AvgIpc) is 3.18. The number of carbonyl (C=O) groups excluding carboxylic acids is 1. The van der Waals surface area contributed by atoms with Crippen molar-refractivity contribution in [2.75, 3.05) is 0 Å². The molecule has 2 fully saturated rings. The summed E-state index contributed by atoms with van der Waals surface area (Å²) in [5.74, 6) is -1.37. The number of carboxylic acids is 1. The van der Waals surface area contributed by atoms with Gasteiger partial charge in [0.1, 0.15) is 0 Å². The summed E-state index contributed by atoms with van der Waals surface area (Å²) in [6.45, 7) is 5.15. The van der Waals surface area contributed by atoms with Gasteiger partial charge in [0.05, 0.1) is 17.5 Å². The maximum Gasteiger partial charge on any atom is 0.307 e. The number of nitrogens with one attached hydrogen (secondary N) is 1. The number of hydrogen-bond donors (Lipinski definition) is 2. The summed E-state index contributed by atoms with van der Waals surface area (Å²) in [4.78, 5) is 24.0. The van der Waals surface area contributed by atoms with Crippen molar-refractivity contribution < 1.29 is 14.7 Å². The van der Waals surface area contributed by atoms with Crippen molar-refractivity contribution in [2.45, 2.75) is 46.2 Å². The summed E-state index contributed by atoms with van der Waals surface area (Å²) in [6, 6.07) is 0. The van der Waals surface area contributed by atoms with Crippen molar-refractivity contribution in [3.8, 4) is 0 Å². The minimum absolute atomic E-state index is 0.108. The maximum absolute atomic E-state index is 12.5. The van der Waals surface area contributed by atoms with Gasteiger partial charge in [0.25, 0.3) is 0 Å². The predicted octanol–water partition coefficient (Wildman–Crippen LogP) is 1.57. The van der Waals surface area contributed by atoms with E-state index in [4.69, 9.17) is 0 Å². The van der Waals surface area contributed by atoms with Crippen molar-refractivity contribution in [1.29, 1.82) is 0 Å². The van der Waals surface area contributed by atoms with Crippen LogP contribution in [0.3, 0.4) is 0 Å². The molecule has 0 spiro atoms. The van der Waals surface area contributed by atoms with E-state index in [1.54, 1.807) is 0 Å². The van der Waals surface area contributed by atoms with Gasteiger partial charge in [0.15, 0.2) is 0 Å². The van der Waals surface area contributed by atoms with E-state index >= 15 is 0 Å². The standard InChI is InChI=1S/C16H23N3O3/c1-3-19-8-12(9(2)18-19)7-17-15(20)13-10-4-5-11(6-10)14(13)16(21)22/h8,10-11,13-14H,3-7H2,1-2H3,(H,17,20)(H,21,22)/t10-,11+,13-,14+/m1/s1. The predicted molar refractivity (Wildman–Crippen MR) is 79.9 cm³/mol. The van der Waals surface area contributed by atoms with Gasteiger partial charge in [-0.3, -0.25) is 14.3 Å². The lowest BCUT2D eigenvalue weighted by molar-refractivity contribution is -0.149. The first kappa shape index (κ1) is 15.1. The highest BCUT2D eigenvalue weighted by molar-refractivity contribution is 5.86. The van der Waals surface area contributed by atoms with Gasteiger partial charge in [-0.25, -0.2) is 0 Å². The maximum atomic E-state index is 12.5. The van der Waals surface area contributed by atoms with E-state index in [2.05, 4.69) is 10.4 Å². The van der Waals surface area contributed by atoms with Crippen LogP contribution >= 0.6 is 0 Å². The van der Waals surface area contributed by atoms with Crippen LogP contribution < -0.4 is 5.32 Å². The molecule has 120 valence electrons. The Morgan fingerprint density at radius 2 is 2.05 bits per heavy atom. The topological polar surface area (TPSA) is 84.2 Å². The molecule has 3 rings (SSSR count). The number of amides is 1. The number of fused-ring (bicyclic) bond motifs is 2. The Hall–Kier alpha value is -1.85. The minimum atomic E-state index is -0.817. The molecule has 0 radical (unpaired) electrons. The highest BCUT2D eigenvalue weighted by Gasteiger charge is 2.53. The second-order valence-electron chi connectivity index (χ2n) is 6.54. The van der Waals surface area contributed by atoms with Gasteiger partial charge in [-0.2, -0.15) is 5.10 Å². The summed E-state index contributed by atoms with van der Waals surface area (Å²) in [7, 11) is 0. The van der Waals surface area contributed by atoms with Gasteiger partial charge in [-0.1, -0.05) is 0 Å². The summed E-state index contributed by atoms with van der Waals surface area (Å²) in [6.07, 6.45) is 4.76. The zero-order chi connectivity index (χ0) is 15.9. The van der Waals surface area contributed by atoms with Gasteiger partial charge in [-0.15, -0.1) is 0 Å². The minimum Gasteiger partial charge on any atom is -0.481 e. The molecule has 4 atom stereocenters. The fourth-order valence-electron chi connectivity index (χ4n) is 4.22. The van der Waals surface area contributed by atoms with Crippen LogP contribution in [0.2, 0.25) is 0 Å². The first-order valence-corrected chi connectivity index (χ1v) is 8.04. The van der Waals surface area contributed by atoms with Crippen LogP contribution in [-0.2, 0) is 22.7 Å². The van der Waals surface area contributed by atoms with E-state index in [-0.39, 0.29) is 23.7 Å². The molecule has 0 aromatic carbocycles. The lowest BCUT2D eigenvalue weighted by Crippen LogP contribution is -2.41. The van der Waals surface area contributed by atoms with Crippen LogP contribution in [0.1, 0.15) is 37.4 Å². The number of carboxylic acid groups (broad SMARTS) is 1. The lowest BCUT2D eigenvalue weighted by atomic mass is 9.78. The Morgan fingerprint density at radius 1 is 1.36 bits per heavy atom. The van der Waals surface area contributed by atoms with Crippen molar-refractivity contribution in [3.63, 3.8) is 0 Å². The molecule has 6 heteroatoms. The zero-order valence-corrected chi connectivity index (χ0v) is 13.1. The van der Waals surface area contributed by atoms with E-state index in [0.29, 0.717) is 6.54 Å². The van der Waals surface area contributed by atoms with Crippen LogP contribution in [0.25, 0.3) is 0 Å². The Bertz CT molecular complexity index is 595. The quantitative estimate of drug-likeness (QED) is 0.865. The Balaban J connectivity index is 1.66. The third kappa shape index (κ3) is 2.51. The molecule has 0 saturated heterocycles. The van der Waals surface area contributed by atoms with Gasteiger partial charge in [0.2, 0.25) is 5.91 Å². The summed E-state index contributed by atoms with van der Waals surface area (Å²) in [5.41, 5.74) is 1.90. The van der Waals surface area contributed by atoms with Crippen LogP contribution in [0.15, 0.2) is 6.20 Å². The van der Waals surface area contributed by atoms with Crippen LogP contribution in [0.5, 0.6) is 0 Å². The van der Waals surface area contributed by atoms with E-state index < -0.39 is 11.9 Å². The van der Waals surface area contributed by atoms with Crippen molar-refractivity contribution in [2.24, 2.45) is 23.7 Å². The largest absolute Gasteiger partial charge is 0.481 e. The molecular weight excluding hydrogens is 282 g/mol. The Labute approximate surface area is 129 Å². The van der Waals surface area contributed by atoms with Gasteiger partial charge in [-0.05, 0) is 44.9 Å². The zero-order valence-electron chi connectivity index (χ0n) is 13.1. The highest BCUT2D eigenvalue weighted by atomic mass is 16.4. The first-order chi connectivity index (χ1) is 10.5. The fourth-order valence-corrected chi connectivity index (χ4v) is 4.22. The third-order valence-corrected chi connectivity index (χ3v) is 5.33. The summed E-state index contributed by atoms with van der Waals surface area (Å²) < 4.78 is 1.84. The second-order valence-corrected chi connectivity index (χ2v) is 6.54. The van der Waals surface area contributed by atoms with E-state index in [0.717, 1.165) is 37.1 Å². The molecule has 2 aliphatic rings. The molecule has 2 N–H and O–H groups in total. The third-order valence-electron chi connectivity index (χ3n) is 5.33. The number of aliphatic carboxylic acids is 1. The molecule has 2 saturated carbocycles. The lowest BCUT2D eigenvalue weighted by Gasteiger charge is -2.27. The molecule has 1 aromatic rings. The Morgan fingerprint density at radius 3 is 2.64 bits per heavy atom. The molecule has 1 heterocycles. The van der Waals surface area contributed by atoms with Crippen molar-refractivity contribution in [3.05, 3.63) is 17.5 Å². The number of aromatic nitrogens is 2. The second kappa shape index (κ2) is 5.74. The molecule has 0 unspecified atom stereocenters. The van der Waals surface area contributed by atoms with Crippen molar-refractivity contribution >= 4 is 11.9 Å². The molecule has 0 aliphatic heterocycles. The van der Waals surface area contributed by atoms with Crippen LogP contribution in [-0.4, -0.2) is 26.8 Å². The molecule has 1 amide bonds. The van der Waals surface area contributed by atoms with E-state index in [9.17, 15) is 14.7 Å². The van der Waals surface area contributed by atoms with Gasteiger partial charge in [0, 0.05) is 24.8 Å². The number of hydrogen-bond acceptors (Lipinski definition) is 3. The fraction of sp³-hybridized carbons (Fsp3) is 0.688. The van der Waals surface area contributed by atoms with Crippen LogP contribution in [0, 0.1) is 30.6 Å². The first-order valence-electron chi connectivity index (χ1n) is 8.04. The normalized spacial score (nSPS) is 29.7. The Kier molecular flexibility index (Phi) is 3.93. The number of rotatable bonds is 5. The highest BCUT2D eigenvalue weighted by Crippen LogP contribution is 2.52. The van der Waals surface area contributed by atoms with Crippen molar-refractivity contribution in [1.82, 2.24) is 15.1 Å². The smallest absolute Gasteiger partial charge is 0.307 e. The number of carbonyl (C=O) groups is 2. The van der Waals surface area contributed by atoms with Gasteiger partial charge >= 0.3 is 5.97 Å². The molecule has 2 aliphatic carbocycles. The SMILES string of the molecule is CCn1cc(CNC(=O)[C@@H]2[C@@H]3CC[C@@H](C3)[C@@H]2C(=O)O)c(C)n1. The summed E-state index contributed by atoms with van der Waals surface area (Å²) in [5, 5.41) is 16.7. The molecule has 22 heavy (non-hydrogen) atoms.